The molecule has 8 heteroatoms. The number of aliphatic hydroxyl groups is 1. The van der Waals surface area contributed by atoms with Gasteiger partial charge in [0.2, 0.25) is 5.89 Å². The van der Waals surface area contributed by atoms with Crippen LogP contribution in [-0.2, 0) is 12.8 Å². The first kappa shape index (κ1) is 25.8. The second-order valence-electron chi connectivity index (χ2n) is 10.2. The number of ether oxygens (including phenoxy) is 1. The van der Waals surface area contributed by atoms with Gasteiger partial charge in [-0.1, -0.05) is 24.3 Å². The van der Waals surface area contributed by atoms with Gasteiger partial charge in [0.05, 0.1) is 5.39 Å². The summed E-state index contributed by atoms with van der Waals surface area (Å²) >= 11 is 0. The minimum Gasteiger partial charge on any atom is -0.490 e. The lowest BCUT2D eigenvalue weighted by Gasteiger charge is -2.33. The molecule has 1 fully saturated rings. The number of fused-ring (bicyclic) bond motifs is 2. The van der Waals surface area contributed by atoms with Crippen molar-refractivity contribution in [3.8, 4) is 17.4 Å². The van der Waals surface area contributed by atoms with Gasteiger partial charge in [-0.15, -0.1) is 22.6 Å². The van der Waals surface area contributed by atoms with Gasteiger partial charge >= 0.3 is 0 Å². The van der Waals surface area contributed by atoms with E-state index in [1.165, 1.54) is 31.2 Å². The molecule has 2 aliphatic rings. The van der Waals surface area contributed by atoms with Gasteiger partial charge in [-0.05, 0) is 86.4 Å². The van der Waals surface area contributed by atoms with Crippen molar-refractivity contribution in [3.63, 3.8) is 0 Å². The highest BCUT2D eigenvalue weighted by atomic mass is 35.5. The van der Waals surface area contributed by atoms with E-state index >= 15 is 0 Å². The maximum atomic E-state index is 10.7. The average molecular weight is 524 g/mol. The van der Waals surface area contributed by atoms with E-state index < -0.39 is 6.10 Å². The third-order valence-electron chi connectivity index (χ3n) is 7.59. The molecule has 1 aliphatic carbocycles. The molecule has 3 heterocycles. The van der Waals surface area contributed by atoms with Crippen LogP contribution in [0.5, 0.6) is 5.75 Å². The molecule has 0 spiro atoms. The highest BCUT2D eigenvalue weighted by molar-refractivity contribution is 5.87. The van der Waals surface area contributed by atoms with Crippen molar-refractivity contribution in [1.29, 1.82) is 0 Å². The van der Waals surface area contributed by atoms with Crippen LogP contribution in [0.2, 0.25) is 0 Å². The van der Waals surface area contributed by atoms with Crippen LogP contribution in [0.4, 0.5) is 0 Å². The molecule has 7 nitrogen and oxygen atoms in total. The molecule has 0 amide bonds. The zero-order chi connectivity index (χ0) is 24.5. The molecule has 196 valence electrons. The second kappa shape index (κ2) is 11.3. The molecular weight excluding hydrogens is 490 g/mol. The maximum Gasteiger partial charge on any atom is 0.283 e. The van der Waals surface area contributed by atoms with Crippen molar-refractivity contribution < 1.29 is 18.7 Å². The summed E-state index contributed by atoms with van der Waals surface area (Å²) in [4.78, 5) is 2.36. The summed E-state index contributed by atoms with van der Waals surface area (Å²) in [5.74, 6) is 2.62. The quantitative estimate of drug-likeness (QED) is 0.332. The van der Waals surface area contributed by atoms with E-state index in [9.17, 15) is 5.11 Å². The van der Waals surface area contributed by atoms with Crippen molar-refractivity contribution >= 4 is 23.4 Å². The summed E-state index contributed by atoms with van der Waals surface area (Å²) in [6.07, 6.45) is 6.84. The standard InChI is InChI=1S/C29H33N3O4.ClH/c1-19-30-31-29(35-19)28-16-25-26(7-4-8-27(25)36-28)34-18-24(33)17-32-13-11-21(12-14-32)23-10-9-20-5-2-3-6-22(20)15-23;/h4,7-10,15-16,21,24,33H,2-3,5-6,11-14,17-18H2,1H3;1H/t24-;/m0./s1. The lowest BCUT2D eigenvalue weighted by molar-refractivity contribution is 0.0599. The largest absolute Gasteiger partial charge is 0.490 e. The van der Waals surface area contributed by atoms with Crippen LogP contribution >= 0.6 is 12.4 Å². The number of likely N-dealkylation sites (tertiary alicyclic amines) is 1. The minimum absolute atomic E-state index is 0. The van der Waals surface area contributed by atoms with Crippen molar-refractivity contribution in [2.75, 3.05) is 26.2 Å². The third-order valence-corrected chi connectivity index (χ3v) is 7.59. The molecule has 1 N–H and O–H groups in total. The molecule has 0 bridgehead atoms. The number of aromatic nitrogens is 2. The summed E-state index contributed by atoms with van der Waals surface area (Å²) in [7, 11) is 0. The van der Waals surface area contributed by atoms with E-state index in [4.69, 9.17) is 13.6 Å². The first-order chi connectivity index (χ1) is 17.6. The van der Waals surface area contributed by atoms with Crippen LogP contribution in [0.1, 0.15) is 54.2 Å². The fourth-order valence-electron chi connectivity index (χ4n) is 5.65. The van der Waals surface area contributed by atoms with Gasteiger partial charge in [-0.25, -0.2) is 0 Å². The van der Waals surface area contributed by atoms with Gasteiger partial charge in [-0.2, -0.15) is 0 Å². The number of nitrogens with zero attached hydrogens (tertiary/aromatic N) is 3. The first-order valence-electron chi connectivity index (χ1n) is 13.1. The number of hydrogen-bond donors (Lipinski definition) is 1. The number of rotatable bonds is 7. The summed E-state index contributed by atoms with van der Waals surface area (Å²) in [5.41, 5.74) is 5.30. The number of β-amino-alcohol motifs (C(OH)–C–C–N with tert-alkyl or cyclic N) is 1. The number of aliphatic hydroxyl groups excluding tert-OH is 1. The van der Waals surface area contributed by atoms with Gasteiger partial charge in [0.15, 0.2) is 5.76 Å². The third kappa shape index (κ3) is 5.69. The number of halogens is 1. The Hall–Kier alpha value is -2.87. The molecule has 37 heavy (non-hydrogen) atoms. The van der Waals surface area contributed by atoms with Crippen molar-refractivity contribution in [2.24, 2.45) is 0 Å². The highest BCUT2D eigenvalue weighted by Crippen LogP contribution is 2.34. The predicted octanol–water partition coefficient (Wildman–Crippen LogP) is 5.71. The van der Waals surface area contributed by atoms with Crippen LogP contribution in [0.25, 0.3) is 22.6 Å². The summed E-state index contributed by atoms with van der Waals surface area (Å²) < 4.78 is 17.4. The Morgan fingerprint density at radius 2 is 1.84 bits per heavy atom. The Morgan fingerprint density at radius 1 is 1.03 bits per heavy atom. The fraction of sp³-hybridized carbons (Fsp3) is 0.448. The highest BCUT2D eigenvalue weighted by Gasteiger charge is 2.24. The van der Waals surface area contributed by atoms with Crippen LogP contribution in [0.15, 0.2) is 51.3 Å². The van der Waals surface area contributed by atoms with Gasteiger partial charge in [-0.3, -0.25) is 0 Å². The van der Waals surface area contributed by atoms with Gasteiger partial charge < -0.3 is 23.6 Å². The van der Waals surface area contributed by atoms with E-state index in [-0.39, 0.29) is 19.0 Å². The van der Waals surface area contributed by atoms with E-state index in [2.05, 4.69) is 33.3 Å². The SMILES string of the molecule is Cc1nnc(-c2cc3c(OC[C@@H](O)CN4CCC(c5ccc6c(c5)CCCC6)CC4)cccc3o2)o1.Cl. The van der Waals surface area contributed by atoms with Crippen LogP contribution < -0.4 is 4.74 Å². The summed E-state index contributed by atoms with van der Waals surface area (Å²) in [5, 5.41) is 19.4. The second-order valence-corrected chi connectivity index (χ2v) is 10.2. The number of aryl methyl sites for hydroxylation is 3. The molecule has 6 rings (SSSR count). The van der Waals surface area contributed by atoms with Crippen molar-refractivity contribution in [2.45, 2.75) is 57.5 Å². The zero-order valence-corrected chi connectivity index (χ0v) is 22.0. The normalized spacial score (nSPS) is 17.4. The van der Waals surface area contributed by atoms with Crippen LogP contribution in [0, 0.1) is 6.92 Å². The van der Waals surface area contributed by atoms with Crippen molar-refractivity contribution in [3.05, 3.63) is 65.0 Å². The zero-order valence-electron chi connectivity index (χ0n) is 21.2. The lowest BCUT2D eigenvalue weighted by atomic mass is 9.84. The van der Waals surface area contributed by atoms with Crippen LogP contribution in [0.3, 0.4) is 0 Å². The molecular formula is C29H34ClN3O4. The minimum atomic E-state index is -0.564. The molecule has 4 aromatic rings. The van der Waals surface area contributed by atoms with Gasteiger partial charge in [0.25, 0.3) is 5.89 Å². The van der Waals surface area contributed by atoms with E-state index in [0.717, 1.165) is 31.3 Å². The topological polar surface area (TPSA) is 84.8 Å². The number of benzene rings is 2. The molecule has 0 radical (unpaired) electrons. The smallest absolute Gasteiger partial charge is 0.283 e. The lowest BCUT2D eigenvalue weighted by Crippen LogP contribution is -2.40. The number of piperidine rings is 1. The molecule has 2 aromatic carbocycles. The molecule has 1 aliphatic heterocycles. The van der Waals surface area contributed by atoms with E-state index in [1.54, 1.807) is 18.1 Å². The van der Waals surface area contributed by atoms with Crippen LogP contribution in [-0.4, -0.2) is 52.5 Å². The van der Waals surface area contributed by atoms with Crippen molar-refractivity contribution in [1.82, 2.24) is 15.1 Å². The first-order valence-corrected chi connectivity index (χ1v) is 13.1. The average Bonchev–Trinajstić information content (AvgIpc) is 3.54. The predicted molar refractivity (Wildman–Crippen MR) is 144 cm³/mol. The fourth-order valence-corrected chi connectivity index (χ4v) is 5.65. The molecule has 0 unspecified atom stereocenters. The number of hydrogen-bond acceptors (Lipinski definition) is 7. The van der Waals surface area contributed by atoms with E-state index in [1.807, 2.05) is 24.3 Å². The monoisotopic (exact) mass is 523 g/mol. The summed E-state index contributed by atoms with van der Waals surface area (Å²) in [6, 6.07) is 14.7. The Bertz CT molecular complexity index is 1340. The Kier molecular flexibility index (Phi) is 7.84. The number of furan rings is 1. The van der Waals surface area contributed by atoms with Gasteiger partial charge in [0, 0.05) is 19.5 Å². The van der Waals surface area contributed by atoms with E-state index in [0.29, 0.717) is 41.3 Å². The molecule has 0 saturated carbocycles. The van der Waals surface area contributed by atoms with Gasteiger partial charge in [0.1, 0.15) is 24.0 Å². The maximum absolute atomic E-state index is 10.7. The Morgan fingerprint density at radius 3 is 2.62 bits per heavy atom. The molecule has 1 atom stereocenters. The molecule has 1 saturated heterocycles. The molecule has 2 aromatic heterocycles. The summed E-state index contributed by atoms with van der Waals surface area (Å²) in [6.45, 7) is 4.59. The Balaban J connectivity index is 0.00000280. The Labute approximate surface area is 223 Å².